The Balaban J connectivity index is 1.96. The van der Waals surface area contributed by atoms with Crippen molar-refractivity contribution in [1.29, 1.82) is 0 Å². The molecular weight excluding hydrogens is 236 g/mol. The van der Waals surface area contributed by atoms with E-state index in [-0.39, 0.29) is 12.1 Å². The molecule has 4 heteroatoms. The van der Waals surface area contributed by atoms with Gasteiger partial charge in [0, 0.05) is 18.2 Å². The molecule has 0 bridgehead atoms. The lowest BCUT2D eigenvalue weighted by atomic mass is 9.92. The lowest BCUT2D eigenvalue weighted by Gasteiger charge is -2.29. The van der Waals surface area contributed by atoms with E-state index in [9.17, 15) is 13.9 Å². The summed E-state index contributed by atoms with van der Waals surface area (Å²) in [6.07, 6.45) is 3.21. The summed E-state index contributed by atoms with van der Waals surface area (Å²) in [7, 11) is 0. The number of benzene rings is 1. The maximum atomic E-state index is 13.1. The second-order valence-electron chi connectivity index (χ2n) is 5.10. The van der Waals surface area contributed by atoms with Crippen molar-refractivity contribution in [3.8, 4) is 0 Å². The highest BCUT2D eigenvalue weighted by Gasteiger charge is 2.21. The minimum absolute atomic E-state index is 0.0876. The molecule has 0 amide bonds. The van der Waals surface area contributed by atoms with Gasteiger partial charge in [-0.05, 0) is 50.3 Å². The Bertz CT molecular complexity index is 383. The van der Waals surface area contributed by atoms with E-state index < -0.39 is 11.6 Å². The van der Waals surface area contributed by atoms with Gasteiger partial charge in [0.15, 0.2) is 0 Å². The van der Waals surface area contributed by atoms with Crippen molar-refractivity contribution in [1.82, 2.24) is 5.32 Å². The number of rotatable bonds is 3. The number of aliphatic hydroxyl groups is 1. The predicted octanol–water partition coefficient (Wildman–Crippen LogP) is 2.92. The Labute approximate surface area is 106 Å². The molecule has 0 aromatic heterocycles. The standard InChI is InChI=1S/C14H19F2NO/c1-9(10-6-11(15)8-12(16)7-10)17-13-2-4-14(18)5-3-13/h6-9,13-14,17-18H,2-5H2,1H3. The zero-order chi connectivity index (χ0) is 13.1. The van der Waals surface area contributed by atoms with Gasteiger partial charge in [0.2, 0.25) is 0 Å². The van der Waals surface area contributed by atoms with Crippen LogP contribution < -0.4 is 5.32 Å². The molecule has 1 aromatic rings. The minimum atomic E-state index is -0.544. The van der Waals surface area contributed by atoms with Gasteiger partial charge < -0.3 is 10.4 Å². The Morgan fingerprint density at radius 3 is 2.22 bits per heavy atom. The van der Waals surface area contributed by atoms with Gasteiger partial charge in [-0.25, -0.2) is 8.78 Å². The molecule has 18 heavy (non-hydrogen) atoms. The van der Waals surface area contributed by atoms with Crippen LogP contribution in [0.15, 0.2) is 18.2 Å². The summed E-state index contributed by atoms with van der Waals surface area (Å²) in [6.45, 7) is 1.90. The van der Waals surface area contributed by atoms with Crippen LogP contribution in [0.25, 0.3) is 0 Å². The second-order valence-corrected chi connectivity index (χ2v) is 5.10. The van der Waals surface area contributed by atoms with Gasteiger partial charge >= 0.3 is 0 Å². The smallest absolute Gasteiger partial charge is 0.126 e. The highest BCUT2D eigenvalue weighted by molar-refractivity contribution is 5.21. The van der Waals surface area contributed by atoms with Crippen LogP contribution >= 0.6 is 0 Å². The molecule has 0 heterocycles. The summed E-state index contributed by atoms with van der Waals surface area (Å²) in [6, 6.07) is 3.83. The first-order valence-electron chi connectivity index (χ1n) is 6.44. The molecular formula is C14H19F2NO. The van der Waals surface area contributed by atoms with Crippen LogP contribution in [0.1, 0.15) is 44.2 Å². The first-order valence-corrected chi connectivity index (χ1v) is 6.44. The molecule has 0 radical (unpaired) electrons. The largest absolute Gasteiger partial charge is 0.393 e. The number of aliphatic hydroxyl groups excluding tert-OH is 1. The summed E-state index contributed by atoms with van der Waals surface area (Å²) in [5.74, 6) is -1.09. The average molecular weight is 255 g/mol. The van der Waals surface area contributed by atoms with Gasteiger partial charge in [-0.2, -0.15) is 0 Å². The molecule has 0 saturated heterocycles. The van der Waals surface area contributed by atoms with Crippen LogP contribution in [0.2, 0.25) is 0 Å². The number of hydrogen-bond acceptors (Lipinski definition) is 2. The zero-order valence-electron chi connectivity index (χ0n) is 10.5. The van der Waals surface area contributed by atoms with Crippen molar-refractivity contribution >= 4 is 0 Å². The SMILES string of the molecule is CC(NC1CCC(O)CC1)c1cc(F)cc(F)c1. The van der Waals surface area contributed by atoms with Crippen LogP contribution in [0.5, 0.6) is 0 Å². The average Bonchev–Trinajstić information content (AvgIpc) is 2.31. The van der Waals surface area contributed by atoms with Gasteiger partial charge in [-0.15, -0.1) is 0 Å². The van der Waals surface area contributed by atoms with E-state index in [1.54, 1.807) is 0 Å². The lowest BCUT2D eigenvalue weighted by molar-refractivity contribution is 0.114. The van der Waals surface area contributed by atoms with E-state index in [4.69, 9.17) is 0 Å². The van der Waals surface area contributed by atoms with E-state index in [1.807, 2.05) is 6.92 Å². The summed E-state index contributed by atoms with van der Waals surface area (Å²) in [5, 5.41) is 12.8. The maximum absolute atomic E-state index is 13.1. The summed E-state index contributed by atoms with van der Waals surface area (Å²) in [5.41, 5.74) is 0.624. The number of nitrogens with one attached hydrogen (secondary N) is 1. The highest BCUT2D eigenvalue weighted by atomic mass is 19.1. The number of halogens is 2. The lowest BCUT2D eigenvalue weighted by Crippen LogP contribution is -2.36. The third kappa shape index (κ3) is 3.50. The molecule has 2 nitrogen and oxygen atoms in total. The van der Waals surface area contributed by atoms with Crippen LogP contribution in [-0.2, 0) is 0 Å². The third-order valence-corrected chi connectivity index (χ3v) is 3.57. The van der Waals surface area contributed by atoms with Crippen molar-refractivity contribution < 1.29 is 13.9 Å². The molecule has 1 aromatic carbocycles. The van der Waals surface area contributed by atoms with Crippen LogP contribution in [0, 0.1) is 11.6 Å². The molecule has 100 valence electrons. The van der Waals surface area contributed by atoms with Crippen molar-refractivity contribution in [2.75, 3.05) is 0 Å². The molecule has 1 aliphatic carbocycles. The van der Waals surface area contributed by atoms with Crippen LogP contribution in [0.3, 0.4) is 0 Å². The Morgan fingerprint density at radius 2 is 1.67 bits per heavy atom. The first-order chi connectivity index (χ1) is 8.54. The molecule has 0 aliphatic heterocycles. The van der Waals surface area contributed by atoms with Crippen molar-refractivity contribution in [3.63, 3.8) is 0 Å². The predicted molar refractivity (Wildman–Crippen MR) is 66.2 cm³/mol. The van der Waals surface area contributed by atoms with Crippen molar-refractivity contribution in [3.05, 3.63) is 35.4 Å². The quantitative estimate of drug-likeness (QED) is 0.870. The fourth-order valence-electron chi connectivity index (χ4n) is 2.52. The van der Waals surface area contributed by atoms with Crippen molar-refractivity contribution in [2.45, 2.75) is 50.8 Å². The fraction of sp³-hybridized carbons (Fsp3) is 0.571. The van der Waals surface area contributed by atoms with E-state index in [0.29, 0.717) is 11.6 Å². The highest BCUT2D eigenvalue weighted by Crippen LogP contribution is 2.22. The molecule has 0 spiro atoms. The Hall–Kier alpha value is -1.00. The Kier molecular flexibility index (Phi) is 4.30. The minimum Gasteiger partial charge on any atom is -0.393 e. The van der Waals surface area contributed by atoms with E-state index in [0.717, 1.165) is 31.7 Å². The zero-order valence-corrected chi connectivity index (χ0v) is 10.5. The topological polar surface area (TPSA) is 32.3 Å². The second kappa shape index (κ2) is 5.76. The van der Waals surface area contributed by atoms with Crippen molar-refractivity contribution in [2.24, 2.45) is 0 Å². The van der Waals surface area contributed by atoms with E-state index in [2.05, 4.69) is 5.32 Å². The van der Waals surface area contributed by atoms with Gasteiger partial charge in [0.25, 0.3) is 0 Å². The first kappa shape index (κ1) is 13.4. The van der Waals surface area contributed by atoms with Gasteiger partial charge in [0.05, 0.1) is 6.10 Å². The summed E-state index contributed by atoms with van der Waals surface area (Å²) >= 11 is 0. The maximum Gasteiger partial charge on any atom is 0.126 e. The van der Waals surface area contributed by atoms with Gasteiger partial charge in [-0.3, -0.25) is 0 Å². The normalized spacial score (nSPS) is 26.0. The van der Waals surface area contributed by atoms with Gasteiger partial charge in [-0.1, -0.05) is 0 Å². The molecule has 2 rings (SSSR count). The van der Waals surface area contributed by atoms with Crippen LogP contribution in [0.4, 0.5) is 8.78 Å². The van der Waals surface area contributed by atoms with Crippen LogP contribution in [-0.4, -0.2) is 17.3 Å². The molecule has 1 unspecified atom stereocenters. The molecule has 1 saturated carbocycles. The molecule has 1 atom stereocenters. The summed E-state index contributed by atoms with van der Waals surface area (Å²) < 4.78 is 26.2. The third-order valence-electron chi connectivity index (χ3n) is 3.57. The monoisotopic (exact) mass is 255 g/mol. The molecule has 2 N–H and O–H groups in total. The molecule has 1 aliphatic rings. The number of hydrogen-bond donors (Lipinski definition) is 2. The fourth-order valence-corrected chi connectivity index (χ4v) is 2.52. The Morgan fingerprint density at radius 1 is 1.11 bits per heavy atom. The van der Waals surface area contributed by atoms with Gasteiger partial charge in [0.1, 0.15) is 11.6 Å². The molecule has 1 fully saturated rings. The van der Waals surface area contributed by atoms with E-state index >= 15 is 0 Å². The summed E-state index contributed by atoms with van der Waals surface area (Å²) in [4.78, 5) is 0. The van der Waals surface area contributed by atoms with E-state index in [1.165, 1.54) is 12.1 Å².